The van der Waals surface area contributed by atoms with E-state index < -0.39 is 10.0 Å². The van der Waals surface area contributed by atoms with Gasteiger partial charge in [-0.25, -0.2) is 13.4 Å². The normalized spacial score (nSPS) is 12.6. The molecule has 2 rings (SSSR count). The molecule has 0 radical (unpaired) electrons. The van der Waals surface area contributed by atoms with Crippen LogP contribution < -0.4 is 5.32 Å². The van der Waals surface area contributed by atoms with Gasteiger partial charge in [-0.15, -0.1) is 13.2 Å². The second kappa shape index (κ2) is 10.0. The maximum atomic E-state index is 13.2. The van der Waals surface area contributed by atoms with Crippen LogP contribution in [-0.2, 0) is 16.6 Å². The van der Waals surface area contributed by atoms with Gasteiger partial charge in [0.05, 0.1) is 0 Å². The van der Waals surface area contributed by atoms with Crippen molar-refractivity contribution in [1.29, 1.82) is 0 Å². The number of nitrogens with one attached hydrogen (secondary N) is 1. The minimum Gasteiger partial charge on any atom is -0.367 e. The molecule has 1 aromatic heterocycles. The summed E-state index contributed by atoms with van der Waals surface area (Å²) in [5.41, 5.74) is 1.55. The average Bonchev–Trinajstić information content (AvgIpc) is 2.63. The molecular weight excluding hydrogens is 438 g/mol. The van der Waals surface area contributed by atoms with Gasteiger partial charge in [-0.1, -0.05) is 40.2 Å². The van der Waals surface area contributed by atoms with Gasteiger partial charge in [0.25, 0.3) is 0 Å². The van der Waals surface area contributed by atoms with Crippen LogP contribution in [0.25, 0.3) is 0 Å². The van der Waals surface area contributed by atoms with E-state index in [2.05, 4.69) is 39.4 Å². The van der Waals surface area contributed by atoms with Crippen molar-refractivity contribution in [2.75, 3.05) is 11.9 Å². The summed E-state index contributed by atoms with van der Waals surface area (Å²) in [5, 5.41) is 3.25. The molecule has 0 aliphatic rings. The van der Waals surface area contributed by atoms with Gasteiger partial charge in [0.1, 0.15) is 10.7 Å². The smallest absolute Gasteiger partial charge is 0.245 e. The first-order valence-corrected chi connectivity index (χ1v) is 11.2. The highest BCUT2D eigenvalue weighted by molar-refractivity contribution is 9.10. The molecule has 1 atom stereocenters. The van der Waals surface area contributed by atoms with Crippen molar-refractivity contribution in [3.63, 3.8) is 0 Å². The van der Waals surface area contributed by atoms with Gasteiger partial charge in [0.2, 0.25) is 10.0 Å². The van der Waals surface area contributed by atoms with Crippen molar-refractivity contribution in [2.45, 2.75) is 37.8 Å². The Bertz CT molecular complexity index is 927. The van der Waals surface area contributed by atoms with Gasteiger partial charge in [0.15, 0.2) is 0 Å². The Balaban J connectivity index is 2.29. The Morgan fingerprint density at radius 1 is 1.25 bits per heavy atom. The van der Waals surface area contributed by atoms with Gasteiger partial charge in [-0.3, -0.25) is 0 Å². The Kier molecular flexibility index (Phi) is 7.98. The van der Waals surface area contributed by atoms with Crippen molar-refractivity contribution in [3.05, 3.63) is 77.4 Å². The van der Waals surface area contributed by atoms with Gasteiger partial charge < -0.3 is 5.32 Å². The Hall–Kier alpha value is -1.96. The molecule has 0 fully saturated rings. The lowest BCUT2D eigenvalue weighted by Crippen LogP contribution is -2.31. The average molecular weight is 464 g/mol. The van der Waals surface area contributed by atoms with E-state index in [4.69, 9.17) is 0 Å². The first kappa shape index (κ1) is 22.3. The van der Waals surface area contributed by atoms with Crippen molar-refractivity contribution < 1.29 is 8.42 Å². The van der Waals surface area contributed by atoms with Crippen molar-refractivity contribution in [2.24, 2.45) is 0 Å². The SMILES string of the molecule is C=CCC(C)Nc1cc(C)c(S(=O)(=O)N(CC=C)Cc2ccc(Br)cc2)cn1. The lowest BCUT2D eigenvalue weighted by molar-refractivity contribution is 0.438. The zero-order valence-corrected chi connectivity index (χ0v) is 18.6. The fourth-order valence-corrected chi connectivity index (χ4v) is 4.59. The van der Waals surface area contributed by atoms with E-state index in [-0.39, 0.29) is 24.0 Å². The van der Waals surface area contributed by atoms with Crippen LogP contribution in [0, 0.1) is 6.92 Å². The van der Waals surface area contributed by atoms with Crippen LogP contribution in [0.2, 0.25) is 0 Å². The van der Waals surface area contributed by atoms with Gasteiger partial charge in [-0.2, -0.15) is 4.31 Å². The summed E-state index contributed by atoms with van der Waals surface area (Å²) in [6.07, 6.45) is 5.64. The molecule has 1 heterocycles. The third-order valence-corrected chi connectivity index (χ3v) is 6.67. The van der Waals surface area contributed by atoms with Gasteiger partial charge in [-0.05, 0) is 49.6 Å². The first-order valence-electron chi connectivity index (χ1n) is 8.97. The number of hydrogen-bond acceptors (Lipinski definition) is 4. The number of aryl methyl sites for hydroxylation is 1. The number of anilines is 1. The van der Waals surface area contributed by atoms with Crippen LogP contribution in [0.5, 0.6) is 0 Å². The molecule has 1 N–H and O–H groups in total. The molecule has 0 bridgehead atoms. The highest BCUT2D eigenvalue weighted by Gasteiger charge is 2.26. The molecule has 0 amide bonds. The maximum absolute atomic E-state index is 13.2. The fourth-order valence-electron chi connectivity index (χ4n) is 2.78. The zero-order chi connectivity index (χ0) is 20.7. The number of halogens is 1. The second-order valence-electron chi connectivity index (χ2n) is 6.62. The first-order chi connectivity index (χ1) is 13.3. The topological polar surface area (TPSA) is 62.3 Å². The summed E-state index contributed by atoms with van der Waals surface area (Å²) in [4.78, 5) is 4.51. The minimum atomic E-state index is -3.71. The number of sulfonamides is 1. The molecule has 150 valence electrons. The third kappa shape index (κ3) is 5.77. The van der Waals surface area contributed by atoms with Crippen LogP contribution in [0.1, 0.15) is 24.5 Å². The Morgan fingerprint density at radius 2 is 1.93 bits per heavy atom. The Morgan fingerprint density at radius 3 is 2.50 bits per heavy atom. The Labute approximate surface area is 176 Å². The van der Waals surface area contributed by atoms with Crippen LogP contribution in [0.4, 0.5) is 5.82 Å². The minimum absolute atomic E-state index is 0.168. The summed E-state index contributed by atoms with van der Waals surface area (Å²) in [7, 11) is -3.71. The molecule has 0 aliphatic heterocycles. The lowest BCUT2D eigenvalue weighted by atomic mass is 10.2. The monoisotopic (exact) mass is 463 g/mol. The molecule has 0 aliphatic carbocycles. The lowest BCUT2D eigenvalue weighted by Gasteiger charge is -2.22. The van der Waals surface area contributed by atoms with Crippen molar-refractivity contribution in [3.8, 4) is 0 Å². The molecule has 2 aromatic rings. The van der Waals surface area contributed by atoms with Crippen LogP contribution in [0.15, 0.2) is 71.2 Å². The molecule has 28 heavy (non-hydrogen) atoms. The number of hydrogen-bond donors (Lipinski definition) is 1. The van der Waals surface area contributed by atoms with E-state index in [9.17, 15) is 8.42 Å². The summed E-state index contributed by atoms with van der Waals surface area (Å²) in [6, 6.07) is 9.51. The molecule has 1 unspecified atom stereocenters. The van der Waals surface area contributed by atoms with Gasteiger partial charge >= 0.3 is 0 Å². The fraction of sp³-hybridized carbons (Fsp3) is 0.286. The maximum Gasteiger partial charge on any atom is 0.245 e. The van der Waals surface area contributed by atoms with E-state index in [1.165, 1.54) is 10.5 Å². The largest absolute Gasteiger partial charge is 0.367 e. The standard InChI is InChI=1S/C21H26BrN3O2S/c1-5-7-17(4)24-21-13-16(3)20(14-23-21)28(26,27)25(12-6-2)15-18-8-10-19(22)11-9-18/h5-6,8-11,13-14,17H,1-2,7,12,15H2,3-4H3,(H,23,24). The summed E-state index contributed by atoms with van der Waals surface area (Å²) < 4.78 is 28.8. The van der Waals surface area contributed by atoms with Crippen LogP contribution in [0.3, 0.4) is 0 Å². The molecule has 1 aromatic carbocycles. The van der Waals surface area contributed by atoms with E-state index in [1.807, 2.05) is 37.3 Å². The van der Waals surface area contributed by atoms with E-state index >= 15 is 0 Å². The van der Waals surface area contributed by atoms with Crippen molar-refractivity contribution in [1.82, 2.24) is 9.29 Å². The van der Waals surface area contributed by atoms with Gasteiger partial charge in [0, 0.05) is 29.8 Å². The van der Waals surface area contributed by atoms with E-state index in [1.54, 1.807) is 19.1 Å². The van der Waals surface area contributed by atoms with Crippen molar-refractivity contribution >= 4 is 31.8 Å². The third-order valence-electron chi connectivity index (χ3n) is 4.20. The number of pyridine rings is 1. The summed E-state index contributed by atoms with van der Waals surface area (Å²) in [6.45, 7) is 11.7. The van der Waals surface area contributed by atoms with Crippen LogP contribution >= 0.6 is 15.9 Å². The molecular formula is C21H26BrN3O2S. The number of aromatic nitrogens is 1. The quantitative estimate of drug-likeness (QED) is 0.508. The molecule has 0 saturated heterocycles. The predicted molar refractivity (Wildman–Crippen MR) is 119 cm³/mol. The molecule has 0 spiro atoms. The zero-order valence-electron chi connectivity index (χ0n) is 16.2. The van der Waals surface area contributed by atoms with E-state index in [0.717, 1.165) is 16.5 Å². The predicted octanol–water partition coefficient (Wildman–Crippen LogP) is 4.91. The highest BCUT2D eigenvalue weighted by Crippen LogP contribution is 2.24. The number of benzene rings is 1. The summed E-state index contributed by atoms with van der Waals surface area (Å²) >= 11 is 3.39. The summed E-state index contributed by atoms with van der Waals surface area (Å²) in [5.74, 6) is 0.647. The van der Waals surface area contributed by atoms with E-state index in [0.29, 0.717) is 11.4 Å². The number of rotatable bonds is 10. The second-order valence-corrected chi connectivity index (χ2v) is 9.44. The van der Waals surface area contributed by atoms with Crippen LogP contribution in [-0.4, -0.2) is 30.3 Å². The molecule has 7 heteroatoms. The number of nitrogens with zero attached hydrogens (tertiary/aromatic N) is 2. The molecule has 0 saturated carbocycles. The highest BCUT2D eigenvalue weighted by atomic mass is 79.9. The molecule has 5 nitrogen and oxygen atoms in total.